The first kappa shape index (κ1) is 18.9. The summed E-state index contributed by atoms with van der Waals surface area (Å²) in [4.78, 5) is 16.3. The Labute approximate surface area is 143 Å². The third kappa shape index (κ3) is 3.79. The molecule has 122 valence electrons. The average Bonchev–Trinajstić information content (AvgIpc) is 2.59. The number of aromatic nitrogens is 2. The van der Waals surface area contributed by atoms with Gasteiger partial charge in [-0.1, -0.05) is 23.6 Å². The molecule has 1 heterocycles. The molecule has 0 saturated carbocycles. The van der Waals surface area contributed by atoms with Crippen molar-refractivity contribution in [2.45, 2.75) is 0 Å². The number of phenolic OH excluding ortho intramolecular Hbond substituents is 1. The SMILES string of the molecule is C#Cc1cccc(Nc2ncnc3ccc(O)cc23)c1Cl.C=O.O. The maximum absolute atomic E-state index is 9.62. The lowest BCUT2D eigenvalue weighted by molar-refractivity contribution is -0.0979. The molecule has 4 N–H and O–H groups in total. The van der Waals surface area contributed by atoms with E-state index in [9.17, 15) is 5.11 Å². The van der Waals surface area contributed by atoms with Crippen LogP contribution < -0.4 is 5.32 Å². The summed E-state index contributed by atoms with van der Waals surface area (Å²) in [6, 6.07) is 10.3. The molecule has 0 radical (unpaired) electrons. The van der Waals surface area contributed by atoms with E-state index in [1.165, 1.54) is 6.33 Å². The van der Waals surface area contributed by atoms with Crippen LogP contribution in [0.4, 0.5) is 11.5 Å². The minimum absolute atomic E-state index is 0. The molecule has 0 aliphatic rings. The van der Waals surface area contributed by atoms with Crippen molar-refractivity contribution in [3.05, 3.63) is 53.3 Å². The van der Waals surface area contributed by atoms with Crippen LogP contribution in [0.2, 0.25) is 5.02 Å². The van der Waals surface area contributed by atoms with Crippen molar-refractivity contribution < 1.29 is 15.4 Å². The second-order valence-corrected chi connectivity index (χ2v) is 4.74. The van der Waals surface area contributed by atoms with Gasteiger partial charge in [-0.25, -0.2) is 9.97 Å². The zero-order chi connectivity index (χ0) is 16.8. The fraction of sp³-hybridized carbons (Fsp3) is 0. The van der Waals surface area contributed by atoms with E-state index in [2.05, 4.69) is 21.2 Å². The van der Waals surface area contributed by atoms with Gasteiger partial charge in [0.1, 0.15) is 24.7 Å². The van der Waals surface area contributed by atoms with Crippen molar-refractivity contribution in [2.75, 3.05) is 5.32 Å². The first-order valence-corrected chi connectivity index (χ1v) is 6.81. The number of carbonyl (C=O) groups excluding carboxylic acids is 1. The van der Waals surface area contributed by atoms with Gasteiger partial charge < -0.3 is 20.7 Å². The zero-order valence-electron chi connectivity index (χ0n) is 12.5. The van der Waals surface area contributed by atoms with Crippen molar-refractivity contribution >= 4 is 40.8 Å². The Balaban J connectivity index is 0.000000925. The average molecular weight is 344 g/mol. The van der Waals surface area contributed by atoms with Crippen LogP contribution in [0.5, 0.6) is 5.75 Å². The number of carbonyl (C=O) groups is 1. The summed E-state index contributed by atoms with van der Waals surface area (Å²) in [5.74, 6) is 3.21. The topological polar surface area (TPSA) is 107 Å². The lowest BCUT2D eigenvalue weighted by atomic mass is 10.2. The maximum Gasteiger partial charge on any atom is 0.141 e. The Kier molecular flexibility index (Phi) is 6.68. The van der Waals surface area contributed by atoms with E-state index < -0.39 is 0 Å². The molecule has 0 spiro atoms. The van der Waals surface area contributed by atoms with Gasteiger partial charge in [-0.3, -0.25) is 0 Å². The smallest absolute Gasteiger partial charge is 0.141 e. The van der Waals surface area contributed by atoms with Gasteiger partial charge in [-0.2, -0.15) is 0 Å². The van der Waals surface area contributed by atoms with Gasteiger partial charge in [-0.05, 0) is 30.3 Å². The Hall–Kier alpha value is -3.14. The van der Waals surface area contributed by atoms with Crippen LogP contribution in [0.1, 0.15) is 5.56 Å². The zero-order valence-corrected chi connectivity index (χ0v) is 13.2. The molecule has 0 atom stereocenters. The summed E-state index contributed by atoms with van der Waals surface area (Å²) in [6.45, 7) is 2.00. The molecule has 1 aromatic heterocycles. The predicted molar refractivity (Wildman–Crippen MR) is 94.6 cm³/mol. The highest BCUT2D eigenvalue weighted by atomic mass is 35.5. The normalized spacial score (nSPS) is 9.17. The molecule has 0 aliphatic heterocycles. The highest BCUT2D eigenvalue weighted by molar-refractivity contribution is 6.34. The predicted octanol–water partition coefficient (Wildman–Crippen LogP) is 2.70. The summed E-state index contributed by atoms with van der Waals surface area (Å²) in [6.07, 6.45) is 6.85. The maximum atomic E-state index is 9.62. The van der Waals surface area contributed by atoms with Crippen LogP contribution in [-0.4, -0.2) is 27.3 Å². The Morgan fingerprint density at radius 2 is 1.96 bits per heavy atom. The first-order chi connectivity index (χ1) is 11.2. The Morgan fingerprint density at radius 3 is 2.67 bits per heavy atom. The summed E-state index contributed by atoms with van der Waals surface area (Å²) >= 11 is 6.24. The minimum atomic E-state index is 0. The molecular weight excluding hydrogens is 330 g/mol. The van der Waals surface area contributed by atoms with E-state index in [1.54, 1.807) is 30.3 Å². The standard InChI is InChI=1S/C16H10ClN3O.CH2O.H2O/c1-2-10-4-3-5-14(15(10)17)20-16-12-8-11(21)6-7-13(12)18-9-19-16;1-2;/h1,3-9,21H,(H,18,19,20);1H2;1H2. The molecule has 0 aliphatic carbocycles. The number of benzene rings is 2. The van der Waals surface area contributed by atoms with Crippen molar-refractivity contribution in [1.82, 2.24) is 9.97 Å². The summed E-state index contributed by atoms with van der Waals surface area (Å²) < 4.78 is 0. The van der Waals surface area contributed by atoms with Crippen molar-refractivity contribution in [2.24, 2.45) is 0 Å². The Bertz CT molecular complexity index is 894. The van der Waals surface area contributed by atoms with Gasteiger partial charge in [0.15, 0.2) is 0 Å². The number of hydrogen-bond donors (Lipinski definition) is 2. The molecule has 0 unspecified atom stereocenters. The van der Waals surface area contributed by atoms with Gasteiger partial charge in [0, 0.05) is 10.9 Å². The number of aromatic hydroxyl groups is 1. The number of hydrogen-bond acceptors (Lipinski definition) is 5. The summed E-state index contributed by atoms with van der Waals surface area (Å²) in [5.41, 5.74) is 1.97. The summed E-state index contributed by atoms with van der Waals surface area (Å²) in [5, 5.41) is 13.9. The Morgan fingerprint density at radius 1 is 1.21 bits per heavy atom. The molecule has 6 nitrogen and oxygen atoms in total. The molecular formula is C17H14ClN3O3. The highest BCUT2D eigenvalue weighted by Gasteiger charge is 2.09. The van der Waals surface area contributed by atoms with Crippen LogP contribution in [0.15, 0.2) is 42.7 Å². The van der Waals surface area contributed by atoms with Gasteiger partial charge in [0.2, 0.25) is 0 Å². The monoisotopic (exact) mass is 343 g/mol. The number of anilines is 2. The molecule has 24 heavy (non-hydrogen) atoms. The van der Waals surface area contributed by atoms with Gasteiger partial charge in [0.25, 0.3) is 0 Å². The van der Waals surface area contributed by atoms with Crippen LogP contribution in [0, 0.1) is 12.3 Å². The van der Waals surface area contributed by atoms with Gasteiger partial charge in [-0.15, -0.1) is 6.42 Å². The lowest BCUT2D eigenvalue weighted by Gasteiger charge is -2.10. The second-order valence-electron chi connectivity index (χ2n) is 4.36. The fourth-order valence-electron chi connectivity index (χ4n) is 2.01. The number of phenols is 1. The molecule has 0 amide bonds. The summed E-state index contributed by atoms with van der Waals surface area (Å²) in [7, 11) is 0. The van der Waals surface area contributed by atoms with E-state index in [0.717, 1.165) is 5.52 Å². The number of nitrogens with one attached hydrogen (secondary N) is 1. The third-order valence-electron chi connectivity index (χ3n) is 3.03. The first-order valence-electron chi connectivity index (χ1n) is 6.44. The van der Waals surface area contributed by atoms with E-state index in [-0.39, 0.29) is 11.2 Å². The van der Waals surface area contributed by atoms with Crippen molar-refractivity contribution in [1.29, 1.82) is 0 Å². The van der Waals surface area contributed by atoms with E-state index in [4.69, 9.17) is 22.8 Å². The van der Waals surface area contributed by atoms with Gasteiger partial charge in [0.05, 0.1) is 16.2 Å². The molecule has 0 bridgehead atoms. The molecule has 3 aromatic rings. The van der Waals surface area contributed by atoms with E-state index >= 15 is 0 Å². The number of terminal acetylenes is 1. The molecule has 0 saturated heterocycles. The quantitative estimate of drug-likeness (QED) is 0.696. The van der Waals surface area contributed by atoms with Crippen molar-refractivity contribution in [3.8, 4) is 18.1 Å². The van der Waals surface area contributed by atoms with E-state index in [0.29, 0.717) is 27.5 Å². The van der Waals surface area contributed by atoms with Crippen molar-refractivity contribution in [3.63, 3.8) is 0 Å². The largest absolute Gasteiger partial charge is 0.508 e. The molecule has 3 rings (SSSR count). The molecule has 2 aromatic carbocycles. The molecule has 0 fully saturated rings. The number of fused-ring (bicyclic) bond motifs is 1. The number of halogens is 1. The second kappa shape index (κ2) is 8.48. The van der Waals surface area contributed by atoms with Crippen LogP contribution >= 0.6 is 11.6 Å². The fourth-order valence-corrected chi connectivity index (χ4v) is 2.24. The lowest BCUT2D eigenvalue weighted by Crippen LogP contribution is -1.97. The third-order valence-corrected chi connectivity index (χ3v) is 3.43. The highest BCUT2D eigenvalue weighted by Crippen LogP contribution is 2.31. The number of rotatable bonds is 2. The molecule has 7 heteroatoms. The van der Waals surface area contributed by atoms with Crippen LogP contribution in [-0.2, 0) is 4.79 Å². The van der Waals surface area contributed by atoms with E-state index in [1.807, 2.05) is 12.9 Å². The van der Waals surface area contributed by atoms with Crippen LogP contribution in [0.25, 0.3) is 10.9 Å². The minimum Gasteiger partial charge on any atom is -0.508 e. The number of nitrogens with zero attached hydrogens (tertiary/aromatic N) is 2. The van der Waals surface area contributed by atoms with Gasteiger partial charge >= 0.3 is 0 Å². The van der Waals surface area contributed by atoms with Crippen LogP contribution in [0.3, 0.4) is 0 Å².